The molecule has 0 heterocycles. The maximum absolute atomic E-state index is 12.4. The van der Waals surface area contributed by atoms with Crippen molar-refractivity contribution >= 4 is 18.0 Å². The van der Waals surface area contributed by atoms with Crippen molar-refractivity contribution in [1.29, 1.82) is 0 Å². The molecule has 0 radical (unpaired) electrons. The molecule has 9 nitrogen and oxygen atoms in total. The van der Waals surface area contributed by atoms with Gasteiger partial charge in [-0.2, -0.15) is 0 Å². The summed E-state index contributed by atoms with van der Waals surface area (Å²) in [5.41, 5.74) is 4.30. The number of ether oxygens (including phenoxy) is 3. The van der Waals surface area contributed by atoms with Gasteiger partial charge in [-0.3, -0.25) is 9.59 Å². The fraction of sp³-hybridized carbons (Fsp3) is 0.375. The smallest absolute Gasteiger partial charge is 0.407 e. The average molecular weight is 456 g/mol. The van der Waals surface area contributed by atoms with Crippen LogP contribution in [0.2, 0.25) is 0 Å². The molecule has 0 aliphatic heterocycles. The molecule has 1 aliphatic carbocycles. The van der Waals surface area contributed by atoms with Gasteiger partial charge in [0.05, 0.1) is 26.2 Å². The molecule has 2 aromatic carbocycles. The van der Waals surface area contributed by atoms with Crippen molar-refractivity contribution < 1.29 is 33.7 Å². The molecule has 3 N–H and O–H groups in total. The molecule has 0 saturated heterocycles. The summed E-state index contributed by atoms with van der Waals surface area (Å²) in [7, 11) is 1.55. The molecule has 1 unspecified atom stereocenters. The molecule has 0 fully saturated rings. The number of nitrogens with one attached hydrogen (secondary N) is 2. The highest BCUT2D eigenvalue weighted by molar-refractivity contribution is 5.89. The van der Waals surface area contributed by atoms with Crippen LogP contribution in [0.1, 0.15) is 23.5 Å². The predicted molar refractivity (Wildman–Crippen MR) is 120 cm³/mol. The lowest BCUT2D eigenvalue weighted by atomic mass is 9.98. The van der Waals surface area contributed by atoms with Crippen LogP contribution in [0.5, 0.6) is 0 Å². The van der Waals surface area contributed by atoms with Crippen LogP contribution in [0, 0.1) is 0 Å². The monoisotopic (exact) mass is 456 g/mol. The van der Waals surface area contributed by atoms with E-state index in [0.717, 1.165) is 22.3 Å². The zero-order valence-corrected chi connectivity index (χ0v) is 18.4. The summed E-state index contributed by atoms with van der Waals surface area (Å²) in [5.74, 6) is -1.98. The molecule has 0 aromatic heterocycles. The number of hydrogen-bond donors (Lipinski definition) is 3. The molecule has 0 spiro atoms. The lowest BCUT2D eigenvalue weighted by Crippen LogP contribution is -2.48. The first kappa shape index (κ1) is 24.2. The molecule has 2 aromatic rings. The van der Waals surface area contributed by atoms with Crippen LogP contribution in [-0.2, 0) is 23.8 Å². The van der Waals surface area contributed by atoms with Gasteiger partial charge in [-0.1, -0.05) is 48.5 Å². The van der Waals surface area contributed by atoms with Gasteiger partial charge in [0.25, 0.3) is 0 Å². The van der Waals surface area contributed by atoms with Gasteiger partial charge in [-0.25, -0.2) is 4.79 Å². The van der Waals surface area contributed by atoms with Crippen LogP contribution in [-0.4, -0.2) is 69.2 Å². The van der Waals surface area contributed by atoms with Gasteiger partial charge in [0, 0.05) is 19.6 Å². The third-order valence-corrected chi connectivity index (χ3v) is 5.31. The van der Waals surface area contributed by atoms with Crippen molar-refractivity contribution in [2.24, 2.45) is 0 Å². The maximum Gasteiger partial charge on any atom is 0.407 e. The number of alkyl carbamates (subject to hydrolysis) is 1. The fourth-order valence-corrected chi connectivity index (χ4v) is 3.78. The van der Waals surface area contributed by atoms with Crippen molar-refractivity contribution in [3.05, 3.63) is 59.7 Å². The molecule has 1 aliphatic rings. The summed E-state index contributed by atoms with van der Waals surface area (Å²) < 4.78 is 15.5. The van der Waals surface area contributed by atoms with Gasteiger partial charge in [0.15, 0.2) is 0 Å². The molecular formula is C24H28N2O7. The van der Waals surface area contributed by atoms with E-state index in [4.69, 9.17) is 19.3 Å². The summed E-state index contributed by atoms with van der Waals surface area (Å²) in [6.07, 6.45) is -1.42. The van der Waals surface area contributed by atoms with Crippen LogP contribution in [0.3, 0.4) is 0 Å². The average Bonchev–Trinajstić information content (AvgIpc) is 3.13. The summed E-state index contributed by atoms with van der Waals surface area (Å²) in [5, 5.41) is 14.0. The molecular weight excluding hydrogens is 428 g/mol. The Hall–Kier alpha value is -3.43. The first-order valence-corrected chi connectivity index (χ1v) is 10.7. The van der Waals surface area contributed by atoms with Crippen molar-refractivity contribution in [2.45, 2.75) is 18.4 Å². The molecule has 9 heteroatoms. The second-order valence-electron chi connectivity index (χ2n) is 7.52. The van der Waals surface area contributed by atoms with Crippen LogP contribution in [0.15, 0.2) is 48.5 Å². The van der Waals surface area contributed by atoms with E-state index in [1.807, 2.05) is 48.5 Å². The third-order valence-electron chi connectivity index (χ3n) is 5.31. The number of hydrogen-bond acceptors (Lipinski definition) is 6. The highest BCUT2D eigenvalue weighted by Crippen LogP contribution is 2.44. The fourth-order valence-electron chi connectivity index (χ4n) is 3.78. The topological polar surface area (TPSA) is 123 Å². The second kappa shape index (κ2) is 12.0. The Kier molecular flexibility index (Phi) is 8.79. The van der Waals surface area contributed by atoms with Gasteiger partial charge in [-0.15, -0.1) is 0 Å². The lowest BCUT2D eigenvalue weighted by molar-refractivity contribution is -0.139. The molecule has 176 valence electrons. The van der Waals surface area contributed by atoms with Crippen LogP contribution in [0.25, 0.3) is 11.1 Å². The number of methoxy groups -OCH3 is 1. The number of amides is 2. The molecule has 2 amide bonds. The SMILES string of the molecule is COCCOCCNC(=O)C(CC(=O)O)NC(=O)OCC1c2ccccc2-c2ccccc21. The van der Waals surface area contributed by atoms with Crippen LogP contribution < -0.4 is 10.6 Å². The van der Waals surface area contributed by atoms with E-state index in [9.17, 15) is 14.4 Å². The first-order chi connectivity index (χ1) is 16.0. The number of carbonyl (C=O) groups excluding carboxylic acids is 2. The van der Waals surface area contributed by atoms with Crippen molar-refractivity contribution in [2.75, 3.05) is 40.1 Å². The summed E-state index contributed by atoms with van der Waals surface area (Å²) >= 11 is 0. The van der Waals surface area contributed by atoms with E-state index >= 15 is 0 Å². The van der Waals surface area contributed by atoms with Gasteiger partial charge in [-0.05, 0) is 22.3 Å². The summed E-state index contributed by atoms with van der Waals surface area (Å²) in [4.78, 5) is 36.0. The second-order valence-corrected chi connectivity index (χ2v) is 7.52. The third kappa shape index (κ3) is 6.53. The van der Waals surface area contributed by atoms with Crippen molar-refractivity contribution in [3.8, 4) is 11.1 Å². The highest BCUT2D eigenvalue weighted by atomic mass is 16.5. The van der Waals surface area contributed by atoms with E-state index in [1.165, 1.54) is 0 Å². The molecule has 1 atom stereocenters. The lowest BCUT2D eigenvalue weighted by Gasteiger charge is -2.18. The van der Waals surface area contributed by atoms with Gasteiger partial charge in [0.1, 0.15) is 12.6 Å². The van der Waals surface area contributed by atoms with E-state index < -0.39 is 30.4 Å². The Morgan fingerprint density at radius 3 is 2.21 bits per heavy atom. The van der Waals surface area contributed by atoms with E-state index in [2.05, 4.69) is 10.6 Å². The zero-order chi connectivity index (χ0) is 23.6. The standard InChI is InChI=1S/C24H28N2O7/c1-31-12-13-32-11-10-25-23(29)21(14-22(27)28)26-24(30)33-15-20-18-8-4-2-6-16(18)17-7-3-5-9-19(17)20/h2-9,20-21H,10-15H2,1H3,(H,25,29)(H,26,30)(H,27,28). The zero-order valence-electron chi connectivity index (χ0n) is 18.4. The van der Waals surface area contributed by atoms with Gasteiger partial charge in [0.2, 0.25) is 5.91 Å². The maximum atomic E-state index is 12.4. The Labute approximate surface area is 192 Å². The largest absolute Gasteiger partial charge is 0.481 e. The summed E-state index contributed by atoms with van der Waals surface area (Å²) in [6.45, 7) is 1.28. The van der Waals surface area contributed by atoms with Crippen molar-refractivity contribution in [3.63, 3.8) is 0 Å². The Morgan fingerprint density at radius 1 is 0.970 bits per heavy atom. The van der Waals surface area contributed by atoms with Crippen LogP contribution >= 0.6 is 0 Å². The highest BCUT2D eigenvalue weighted by Gasteiger charge is 2.30. The summed E-state index contributed by atoms with van der Waals surface area (Å²) in [6, 6.07) is 14.6. The molecule has 33 heavy (non-hydrogen) atoms. The minimum Gasteiger partial charge on any atom is -0.481 e. The first-order valence-electron chi connectivity index (χ1n) is 10.7. The van der Waals surface area contributed by atoms with E-state index in [1.54, 1.807) is 7.11 Å². The van der Waals surface area contributed by atoms with Gasteiger partial charge < -0.3 is 30.0 Å². The Balaban J connectivity index is 1.55. The number of aliphatic carboxylic acids is 1. The number of benzene rings is 2. The van der Waals surface area contributed by atoms with Gasteiger partial charge >= 0.3 is 12.1 Å². The minimum atomic E-state index is -1.27. The van der Waals surface area contributed by atoms with Crippen LogP contribution in [0.4, 0.5) is 4.79 Å². The van der Waals surface area contributed by atoms with Crippen molar-refractivity contribution in [1.82, 2.24) is 10.6 Å². The molecule has 3 rings (SSSR count). The van der Waals surface area contributed by atoms with E-state index in [-0.39, 0.29) is 25.7 Å². The number of rotatable bonds is 12. The Bertz CT molecular complexity index is 933. The Morgan fingerprint density at radius 2 is 1.61 bits per heavy atom. The minimum absolute atomic E-state index is 0.0641. The van der Waals surface area contributed by atoms with E-state index in [0.29, 0.717) is 13.2 Å². The number of carboxylic acid groups (broad SMARTS) is 1. The molecule has 0 bridgehead atoms. The predicted octanol–water partition coefficient (Wildman–Crippen LogP) is 2.15. The number of carboxylic acids is 1. The number of carbonyl (C=O) groups is 3. The number of fused-ring (bicyclic) bond motifs is 3. The molecule has 0 saturated carbocycles. The normalized spacial score (nSPS) is 13.0. The quantitative estimate of drug-likeness (QED) is 0.418.